The fourth-order valence-electron chi connectivity index (χ4n) is 3.86. The number of ether oxygens (including phenoxy) is 2. The minimum absolute atomic E-state index is 0.121. The zero-order valence-electron chi connectivity index (χ0n) is 16.5. The van der Waals surface area contributed by atoms with Gasteiger partial charge in [-0.15, -0.1) is 0 Å². The van der Waals surface area contributed by atoms with Crippen LogP contribution in [0.4, 0.5) is 17.1 Å². The van der Waals surface area contributed by atoms with Crippen LogP contribution in [-0.2, 0) is 14.3 Å². The Morgan fingerprint density at radius 2 is 2.07 bits per heavy atom. The van der Waals surface area contributed by atoms with Gasteiger partial charge in [0.1, 0.15) is 0 Å². The predicted octanol–water partition coefficient (Wildman–Crippen LogP) is 3.66. The maximum atomic E-state index is 13.1. The van der Waals surface area contributed by atoms with E-state index < -0.39 is 0 Å². The number of benzene rings is 1. The van der Waals surface area contributed by atoms with Gasteiger partial charge in [-0.1, -0.05) is 12.1 Å². The van der Waals surface area contributed by atoms with Crippen LogP contribution >= 0.6 is 0 Å². The smallest absolute Gasteiger partial charge is 0.267 e. The van der Waals surface area contributed by atoms with Crippen molar-refractivity contribution in [1.29, 1.82) is 0 Å². The number of aromatic nitrogens is 1. The van der Waals surface area contributed by atoms with E-state index in [0.717, 1.165) is 43.7 Å². The fraction of sp³-hybridized carbons (Fsp3) is 0.409. The van der Waals surface area contributed by atoms with E-state index in [-0.39, 0.29) is 18.1 Å². The summed E-state index contributed by atoms with van der Waals surface area (Å²) in [7, 11) is 0. The minimum Gasteiger partial charge on any atom is -0.353 e. The van der Waals surface area contributed by atoms with Crippen molar-refractivity contribution in [3.8, 4) is 0 Å². The molecule has 1 atom stereocenters. The van der Waals surface area contributed by atoms with Gasteiger partial charge in [0.05, 0.1) is 35.4 Å². The van der Waals surface area contributed by atoms with Gasteiger partial charge in [0.2, 0.25) is 5.91 Å². The van der Waals surface area contributed by atoms with Gasteiger partial charge in [-0.05, 0) is 43.9 Å². The van der Waals surface area contributed by atoms with Gasteiger partial charge < -0.3 is 14.4 Å². The van der Waals surface area contributed by atoms with Crippen LogP contribution in [0.1, 0.15) is 43.0 Å². The van der Waals surface area contributed by atoms with E-state index in [0.29, 0.717) is 24.4 Å². The summed E-state index contributed by atoms with van der Waals surface area (Å²) in [6.07, 6.45) is 7.08. The number of rotatable bonds is 5. The summed E-state index contributed by atoms with van der Waals surface area (Å²) in [4.78, 5) is 33.0. The molecular weight excluding hydrogens is 370 g/mol. The summed E-state index contributed by atoms with van der Waals surface area (Å²) in [6.45, 7) is 3.34. The van der Waals surface area contributed by atoms with Crippen molar-refractivity contribution >= 4 is 28.9 Å². The summed E-state index contributed by atoms with van der Waals surface area (Å²) >= 11 is 0. The second-order valence-electron chi connectivity index (χ2n) is 7.21. The molecule has 7 nitrogen and oxygen atoms in total. The number of anilines is 3. The van der Waals surface area contributed by atoms with Crippen molar-refractivity contribution in [2.75, 3.05) is 29.6 Å². The maximum Gasteiger partial charge on any atom is 0.267 e. The van der Waals surface area contributed by atoms with Crippen LogP contribution in [-0.4, -0.2) is 42.8 Å². The third kappa shape index (κ3) is 4.02. The monoisotopic (exact) mass is 395 g/mol. The average Bonchev–Trinajstić information content (AvgIpc) is 2.85. The van der Waals surface area contributed by atoms with Crippen molar-refractivity contribution in [3.05, 3.63) is 48.3 Å². The molecule has 0 spiro atoms. The van der Waals surface area contributed by atoms with E-state index >= 15 is 0 Å². The van der Waals surface area contributed by atoms with Gasteiger partial charge in [0.15, 0.2) is 6.29 Å². The number of hydrogen-bond acceptors (Lipinski definition) is 6. The zero-order chi connectivity index (χ0) is 20.2. The normalized spacial score (nSPS) is 18.8. The molecule has 1 saturated heterocycles. The Labute approximate surface area is 170 Å². The zero-order valence-corrected chi connectivity index (χ0v) is 16.5. The Balaban J connectivity index is 1.60. The van der Waals surface area contributed by atoms with Gasteiger partial charge in [-0.2, -0.15) is 0 Å². The van der Waals surface area contributed by atoms with Crippen LogP contribution in [0.3, 0.4) is 0 Å². The number of pyridine rings is 1. The van der Waals surface area contributed by atoms with Crippen molar-refractivity contribution in [2.45, 2.75) is 38.9 Å². The largest absolute Gasteiger partial charge is 0.353 e. The van der Waals surface area contributed by atoms with Gasteiger partial charge in [-0.3, -0.25) is 14.6 Å². The number of amides is 2. The molecule has 1 aromatic heterocycles. The van der Waals surface area contributed by atoms with Crippen molar-refractivity contribution in [2.24, 2.45) is 0 Å². The standard InChI is InChI=1S/C22H25N3O4/c1-16(26)25-19-10-11-23-15-20(19)24(18-8-3-2-7-17(18)22(25)27)12-6-14-29-21-9-4-5-13-28-21/h2-3,7-8,10-11,15,21H,4-6,9,12-14H2,1H3. The molecule has 2 amide bonds. The fourth-order valence-corrected chi connectivity index (χ4v) is 3.86. The molecule has 2 aliphatic heterocycles. The topological polar surface area (TPSA) is 72.0 Å². The maximum absolute atomic E-state index is 13.1. The Hall–Kier alpha value is -2.77. The van der Waals surface area contributed by atoms with Gasteiger partial charge >= 0.3 is 0 Å². The molecule has 1 aromatic carbocycles. The van der Waals surface area contributed by atoms with Gasteiger partial charge in [0, 0.05) is 26.3 Å². The predicted molar refractivity (Wildman–Crippen MR) is 109 cm³/mol. The molecule has 152 valence electrons. The SMILES string of the molecule is CC(=O)N1C(=O)c2ccccc2N(CCCOC2CCCCO2)c2cnccc21. The summed E-state index contributed by atoms with van der Waals surface area (Å²) in [6, 6.07) is 9.07. The molecule has 0 N–H and O–H groups in total. The van der Waals surface area contributed by atoms with Crippen LogP contribution in [0, 0.1) is 0 Å². The highest BCUT2D eigenvalue weighted by atomic mass is 16.7. The summed E-state index contributed by atoms with van der Waals surface area (Å²) < 4.78 is 11.5. The number of para-hydroxylation sites is 1. The van der Waals surface area contributed by atoms with Crippen LogP contribution in [0.5, 0.6) is 0 Å². The third-order valence-corrected chi connectivity index (χ3v) is 5.22. The van der Waals surface area contributed by atoms with Crippen LogP contribution < -0.4 is 9.80 Å². The first-order valence-electron chi connectivity index (χ1n) is 10.1. The highest BCUT2D eigenvalue weighted by Gasteiger charge is 2.33. The number of carbonyl (C=O) groups excluding carboxylic acids is 2. The lowest BCUT2D eigenvalue weighted by Crippen LogP contribution is -2.34. The Morgan fingerprint density at radius 1 is 1.21 bits per heavy atom. The first kappa shape index (κ1) is 19.5. The Morgan fingerprint density at radius 3 is 2.86 bits per heavy atom. The molecule has 7 heteroatoms. The lowest BCUT2D eigenvalue weighted by molar-refractivity contribution is -0.162. The molecule has 0 aliphatic carbocycles. The van der Waals surface area contributed by atoms with E-state index in [1.165, 1.54) is 11.8 Å². The first-order chi connectivity index (χ1) is 14.2. The second-order valence-corrected chi connectivity index (χ2v) is 7.21. The molecule has 0 radical (unpaired) electrons. The minimum atomic E-state index is -0.324. The van der Waals surface area contributed by atoms with E-state index in [4.69, 9.17) is 9.47 Å². The number of hydrogen-bond donors (Lipinski definition) is 0. The quantitative estimate of drug-likeness (QED) is 0.720. The molecule has 0 bridgehead atoms. The molecule has 4 rings (SSSR count). The van der Waals surface area contributed by atoms with Crippen LogP contribution in [0.25, 0.3) is 0 Å². The molecule has 2 aromatic rings. The number of imide groups is 1. The highest BCUT2D eigenvalue weighted by molar-refractivity contribution is 6.25. The molecular formula is C22H25N3O4. The van der Waals surface area contributed by atoms with Gasteiger partial charge in [-0.25, -0.2) is 4.90 Å². The molecule has 1 fully saturated rings. The lowest BCUT2D eigenvalue weighted by Gasteiger charge is -2.27. The molecule has 2 aliphatic rings. The Bertz CT molecular complexity index is 895. The van der Waals surface area contributed by atoms with E-state index in [9.17, 15) is 9.59 Å². The van der Waals surface area contributed by atoms with Crippen molar-refractivity contribution < 1.29 is 19.1 Å². The third-order valence-electron chi connectivity index (χ3n) is 5.22. The van der Waals surface area contributed by atoms with Crippen molar-refractivity contribution in [1.82, 2.24) is 4.98 Å². The van der Waals surface area contributed by atoms with Crippen LogP contribution in [0.15, 0.2) is 42.7 Å². The number of fused-ring (bicyclic) bond motifs is 2. The summed E-state index contributed by atoms with van der Waals surface area (Å²) in [5.41, 5.74) is 2.54. The van der Waals surface area contributed by atoms with E-state index in [1.807, 2.05) is 23.1 Å². The molecule has 0 saturated carbocycles. The number of carbonyl (C=O) groups is 2. The summed E-state index contributed by atoms with van der Waals surface area (Å²) in [5.74, 6) is -0.646. The Kier molecular flexibility index (Phi) is 5.87. The second kappa shape index (κ2) is 8.71. The van der Waals surface area contributed by atoms with Gasteiger partial charge in [0.25, 0.3) is 5.91 Å². The van der Waals surface area contributed by atoms with Crippen LogP contribution in [0.2, 0.25) is 0 Å². The lowest BCUT2D eigenvalue weighted by atomic mass is 10.1. The molecule has 1 unspecified atom stereocenters. The molecule has 3 heterocycles. The molecule has 29 heavy (non-hydrogen) atoms. The van der Waals surface area contributed by atoms with E-state index in [1.54, 1.807) is 24.5 Å². The first-order valence-corrected chi connectivity index (χ1v) is 10.1. The summed E-state index contributed by atoms with van der Waals surface area (Å²) in [5, 5.41) is 0. The van der Waals surface area contributed by atoms with E-state index in [2.05, 4.69) is 4.98 Å². The number of nitrogens with zero attached hydrogens (tertiary/aromatic N) is 3. The highest BCUT2D eigenvalue weighted by Crippen LogP contribution is 2.40. The van der Waals surface area contributed by atoms with Crippen molar-refractivity contribution in [3.63, 3.8) is 0 Å². The average molecular weight is 395 g/mol.